The third-order valence-electron chi connectivity index (χ3n) is 3.71. The average molecular weight is 328 g/mol. The van der Waals surface area contributed by atoms with E-state index in [0.717, 1.165) is 42.9 Å². The van der Waals surface area contributed by atoms with E-state index in [2.05, 4.69) is 5.32 Å². The Morgan fingerprint density at radius 1 is 1.29 bits per heavy atom. The monoisotopic (exact) mass is 327 g/mol. The molecule has 2 rings (SSSR count). The minimum absolute atomic E-state index is 0.0461. The van der Waals surface area contributed by atoms with Crippen LogP contribution in [0.15, 0.2) is 29.2 Å². The van der Waals surface area contributed by atoms with Gasteiger partial charge in [-0.15, -0.1) is 11.8 Å². The summed E-state index contributed by atoms with van der Waals surface area (Å²) in [4.78, 5) is 13.0. The Bertz CT molecular complexity index is 452. The third kappa shape index (κ3) is 5.89. The number of hydrogen-bond acceptors (Lipinski definition) is 3. The molecule has 1 aliphatic rings. The van der Waals surface area contributed by atoms with Crippen LogP contribution in [0.25, 0.3) is 0 Å². The maximum Gasteiger partial charge on any atom is 0.220 e. The second-order valence-electron chi connectivity index (χ2n) is 5.43. The summed E-state index contributed by atoms with van der Waals surface area (Å²) in [6.07, 6.45) is 4.83. The molecule has 0 radical (unpaired) electrons. The first-order chi connectivity index (χ1) is 10.1. The number of carbonyl (C=O) groups is 1. The number of aliphatic hydroxyl groups is 1. The molecular weight excluding hydrogens is 306 g/mol. The molecule has 0 aliphatic heterocycles. The first-order valence-electron chi connectivity index (χ1n) is 7.51. The smallest absolute Gasteiger partial charge is 0.220 e. The number of amides is 1. The van der Waals surface area contributed by atoms with Crippen LogP contribution in [0, 0.1) is 0 Å². The molecule has 3 nitrogen and oxygen atoms in total. The summed E-state index contributed by atoms with van der Waals surface area (Å²) in [7, 11) is 0. The van der Waals surface area contributed by atoms with Crippen molar-refractivity contribution in [2.24, 2.45) is 0 Å². The van der Waals surface area contributed by atoms with Crippen molar-refractivity contribution in [2.45, 2.75) is 55.6 Å². The highest BCUT2D eigenvalue weighted by molar-refractivity contribution is 7.99. The molecule has 1 fully saturated rings. The fourth-order valence-electron chi connectivity index (χ4n) is 2.51. The summed E-state index contributed by atoms with van der Waals surface area (Å²) in [5, 5.41) is 13.5. The largest absolute Gasteiger partial charge is 0.391 e. The van der Waals surface area contributed by atoms with Crippen LogP contribution >= 0.6 is 23.4 Å². The van der Waals surface area contributed by atoms with Crippen molar-refractivity contribution in [1.82, 2.24) is 5.32 Å². The molecule has 0 bridgehead atoms. The van der Waals surface area contributed by atoms with Crippen LogP contribution in [0.2, 0.25) is 5.02 Å². The molecule has 2 atom stereocenters. The Kier molecular flexibility index (Phi) is 6.87. The van der Waals surface area contributed by atoms with Gasteiger partial charge >= 0.3 is 0 Å². The van der Waals surface area contributed by atoms with Crippen LogP contribution in [-0.2, 0) is 4.79 Å². The molecule has 1 aromatic carbocycles. The number of aliphatic hydroxyl groups excluding tert-OH is 1. The Labute approximate surface area is 135 Å². The Balaban J connectivity index is 1.61. The van der Waals surface area contributed by atoms with Crippen molar-refractivity contribution in [2.75, 3.05) is 5.75 Å². The topological polar surface area (TPSA) is 49.3 Å². The SMILES string of the molecule is O=C(CCCSc1ccc(Cl)cc1)N[C@@H]1CCCC[C@H]1O. The molecule has 0 spiro atoms. The Morgan fingerprint density at radius 2 is 2.00 bits per heavy atom. The fourth-order valence-corrected chi connectivity index (χ4v) is 3.49. The zero-order valence-corrected chi connectivity index (χ0v) is 13.6. The van der Waals surface area contributed by atoms with Gasteiger partial charge in [0.1, 0.15) is 0 Å². The highest BCUT2D eigenvalue weighted by atomic mass is 35.5. The zero-order valence-electron chi connectivity index (χ0n) is 12.1. The van der Waals surface area contributed by atoms with Crippen molar-refractivity contribution in [3.63, 3.8) is 0 Å². The summed E-state index contributed by atoms with van der Waals surface area (Å²) in [5.74, 6) is 0.958. The Morgan fingerprint density at radius 3 is 2.71 bits per heavy atom. The van der Waals surface area contributed by atoms with E-state index in [9.17, 15) is 9.90 Å². The van der Waals surface area contributed by atoms with Crippen molar-refractivity contribution < 1.29 is 9.90 Å². The van der Waals surface area contributed by atoms with E-state index >= 15 is 0 Å². The minimum atomic E-state index is -0.369. The van der Waals surface area contributed by atoms with Gasteiger partial charge in [0, 0.05) is 16.3 Å². The highest BCUT2D eigenvalue weighted by Crippen LogP contribution is 2.22. The molecule has 21 heavy (non-hydrogen) atoms. The van der Waals surface area contributed by atoms with Gasteiger partial charge in [-0.3, -0.25) is 4.79 Å². The van der Waals surface area contributed by atoms with Gasteiger partial charge in [-0.2, -0.15) is 0 Å². The van der Waals surface area contributed by atoms with Gasteiger partial charge in [-0.1, -0.05) is 24.4 Å². The molecular formula is C16H22ClNO2S. The fraction of sp³-hybridized carbons (Fsp3) is 0.562. The molecule has 0 saturated heterocycles. The number of carbonyl (C=O) groups excluding carboxylic acids is 1. The van der Waals surface area contributed by atoms with Gasteiger partial charge < -0.3 is 10.4 Å². The number of halogens is 1. The van der Waals surface area contributed by atoms with Gasteiger partial charge in [0.25, 0.3) is 0 Å². The number of thioether (sulfide) groups is 1. The second kappa shape index (κ2) is 8.66. The van der Waals surface area contributed by atoms with Crippen LogP contribution in [0.3, 0.4) is 0 Å². The van der Waals surface area contributed by atoms with Crippen molar-refractivity contribution in [1.29, 1.82) is 0 Å². The van der Waals surface area contributed by atoms with Gasteiger partial charge in [-0.05, 0) is 49.3 Å². The first-order valence-corrected chi connectivity index (χ1v) is 8.87. The molecule has 5 heteroatoms. The Hall–Kier alpha value is -0.710. The predicted octanol–water partition coefficient (Wildman–Crippen LogP) is 3.63. The lowest BCUT2D eigenvalue weighted by molar-refractivity contribution is -0.123. The van der Waals surface area contributed by atoms with Crippen LogP contribution in [-0.4, -0.2) is 28.9 Å². The van der Waals surface area contributed by atoms with E-state index in [1.54, 1.807) is 11.8 Å². The molecule has 1 aliphatic carbocycles. The standard InChI is InChI=1S/C16H22ClNO2S/c17-12-7-9-13(10-8-12)21-11-3-6-16(20)18-14-4-1-2-5-15(14)19/h7-10,14-15,19H,1-6,11H2,(H,18,20)/t14-,15-/m1/s1. The molecule has 116 valence electrons. The molecule has 0 aromatic heterocycles. The maximum absolute atomic E-state index is 11.9. The van der Waals surface area contributed by atoms with Crippen LogP contribution in [0.4, 0.5) is 0 Å². The van der Waals surface area contributed by atoms with Gasteiger partial charge in [-0.25, -0.2) is 0 Å². The summed E-state index contributed by atoms with van der Waals surface area (Å²) < 4.78 is 0. The molecule has 1 aromatic rings. The number of nitrogens with one attached hydrogen (secondary N) is 1. The number of hydrogen-bond donors (Lipinski definition) is 2. The van der Waals surface area contributed by atoms with Crippen molar-refractivity contribution in [3.8, 4) is 0 Å². The molecule has 1 amide bonds. The third-order valence-corrected chi connectivity index (χ3v) is 5.06. The number of rotatable bonds is 6. The van der Waals surface area contributed by atoms with Crippen LogP contribution in [0.5, 0.6) is 0 Å². The first kappa shape index (κ1) is 16.7. The van der Waals surface area contributed by atoms with E-state index in [-0.39, 0.29) is 18.1 Å². The lowest BCUT2D eigenvalue weighted by Crippen LogP contribution is -2.45. The molecule has 0 heterocycles. The van der Waals surface area contributed by atoms with Crippen molar-refractivity contribution in [3.05, 3.63) is 29.3 Å². The lowest BCUT2D eigenvalue weighted by atomic mass is 9.92. The van der Waals surface area contributed by atoms with E-state index in [1.807, 2.05) is 24.3 Å². The minimum Gasteiger partial charge on any atom is -0.391 e. The maximum atomic E-state index is 11.9. The second-order valence-corrected chi connectivity index (χ2v) is 7.04. The van der Waals surface area contributed by atoms with Gasteiger partial charge in [0.2, 0.25) is 5.91 Å². The van der Waals surface area contributed by atoms with E-state index in [0.29, 0.717) is 6.42 Å². The average Bonchev–Trinajstić information content (AvgIpc) is 2.48. The lowest BCUT2D eigenvalue weighted by Gasteiger charge is -2.28. The van der Waals surface area contributed by atoms with Gasteiger partial charge in [0.05, 0.1) is 12.1 Å². The van der Waals surface area contributed by atoms with E-state index in [4.69, 9.17) is 11.6 Å². The summed E-state index contributed by atoms with van der Waals surface area (Å²) in [5.41, 5.74) is 0. The van der Waals surface area contributed by atoms with E-state index in [1.165, 1.54) is 4.90 Å². The normalized spacial score (nSPS) is 22.0. The van der Waals surface area contributed by atoms with Crippen LogP contribution < -0.4 is 5.32 Å². The van der Waals surface area contributed by atoms with Crippen molar-refractivity contribution >= 4 is 29.3 Å². The summed E-state index contributed by atoms with van der Waals surface area (Å²) >= 11 is 7.57. The van der Waals surface area contributed by atoms with E-state index < -0.39 is 0 Å². The van der Waals surface area contributed by atoms with Crippen LogP contribution in [0.1, 0.15) is 38.5 Å². The summed E-state index contributed by atoms with van der Waals surface area (Å²) in [6, 6.07) is 7.69. The molecule has 2 N–H and O–H groups in total. The molecule has 0 unspecified atom stereocenters. The van der Waals surface area contributed by atoms with Gasteiger partial charge in [0.15, 0.2) is 0 Å². The zero-order chi connectivity index (χ0) is 15.1. The quantitative estimate of drug-likeness (QED) is 0.619. The summed E-state index contributed by atoms with van der Waals surface area (Å²) in [6.45, 7) is 0. The molecule has 1 saturated carbocycles. The number of benzene rings is 1. The highest BCUT2D eigenvalue weighted by Gasteiger charge is 2.23. The predicted molar refractivity (Wildman–Crippen MR) is 87.8 cm³/mol.